The van der Waals surface area contributed by atoms with Crippen LogP contribution in [0.4, 0.5) is 0 Å². The molecular formula is C14H23NO5S. The highest BCUT2D eigenvalue weighted by Crippen LogP contribution is 2.37. The van der Waals surface area contributed by atoms with Crippen LogP contribution in [0, 0.1) is 0 Å². The number of hydrogen-bond acceptors (Lipinski definition) is 6. The van der Waals surface area contributed by atoms with Crippen LogP contribution in [0.3, 0.4) is 0 Å². The van der Waals surface area contributed by atoms with Crippen LogP contribution in [0.5, 0.6) is 17.2 Å². The molecule has 1 atom stereocenters. The lowest BCUT2D eigenvalue weighted by Gasteiger charge is -2.18. The molecule has 120 valence electrons. The van der Waals surface area contributed by atoms with E-state index in [4.69, 9.17) is 19.9 Å². The molecule has 0 heterocycles. The fourth-order valence-electron chi connectivity index (χ4n) is 2.06. The van der Waals surface area contributed by atoms with E-state index in [0.717, 1.165) is 5.56 Å². The Morgan fingerprint density at radius 2 is 1.57 bits per heavy atom. The minimum absolute atomic E-state index is 0.121. The molecule has 0 aromatic heterocycles. The van der Waals surface area contributed by atoms with Crippen molar-refractivity contribution in [2.45, 2.75) is 18.9 Å². The third kappa shape index (κ3) is 5.09. The Morgan fingerprint density at radius 3 is 2.05 bits per heavy atom. The molecule has 0 amide bonds. The second-order valence-electron chi connectivity index (χ2n) is 4.83. The van der Waals surface area contributed by atoms with Gasteiger partial charge in [-0.25, -0.2) is 8.42 Å². The molecule has 6 nitrogen and oxygen atoms in total. The molecule has 0 aliphatic heterocycles. The largest absolute Gasteiger partial charge is 0.496 e. The van der Waals surface area contributed by atoms with Crippen LogP contribution < -0.4 is 19.9 Å². The predicted molar refractivity (Wildman–Crippen MR) is 82.0 cm³/mol. The maximum atomic E-state index is 11.2. The van der Waals surface area contributed by atoms with Gasteiger partial charge in [-0.3, -0.25) is 0 Å². The lowest BCUT2D eigenvalue weighted by Crippen LogP contribution is -2.14. The molecule has 1 aromatic carbocycles. The summed E-state index contributed by atoms with van der Waals surface area (Å²) in [5, 5.41) is 0. The number of ether oxygens (including phenoxy) is 3. The second-order valence-corrected chi connectivity index (χ2v) is 7.09. The molecule has 2 N–H and O–H groups in total. The molecule has 1 rings (SSSR count). The minimum Gasteiger partial charge on any atom is -0.496 e. The van der Waals surface area contributed by atoms with Crippen LogP contribution in [-0.4, -0.2) is 41.8 Å². The van der Waals surface area contributed by atoms with Gasteiger partial charge in [-0.1, -0.05) is 0 Å². The van der Waals surface area contributed by atoms with E-state index < -0.39 is 9.84 Å². The van der Waals surface area contributed by atoms with Crippen LogP contribution in [0.2, 0.25) is 0 Å². The average Bonchev–Trinajstić information content (AvgIpc) is 2.44. The van der Waals surface area contributed by atoms with E-state index in [-0.39, 0.29) is 11.8 Å². The SMILES string of the molecule is COc1cc(OC)c(C(N)CCCS(C)(=O)=O)cc1OC. The summed E-state index contributed by atoms with van der Waals surface area (Å²) in [5.74, 6) is 1.84. The molecule has 21 heavy (non-hydrogen) atoms. The van der Waals surface area contributed by atoms with Crippen molar-refractivity contribution in [1.82, 2.24) is 0 Å². The fraction of sp³-hybridized carbons (Fsp3) is 0.571. The number of sulfone groups is 1. The van der Waals surface area contributed by atoms with Crippen LogP contribution in [0.15, 0.2) is 12.1 Å². The van der Waals surface area contributed by atoms with E-state index in [1.807, 2.05) is 0 Å². The monoisotopic (exact) mass is 317 g/mol. The van der Waals surface area contributed by atoms with E-state index in [2.05, 4.69) is 0 Å². The summed E-state index contributed by atoms with van der Waals surface area (Å²) >= 11 is 0. The van der Waals surface area contributed by atoms with Crippen molar-refractivity contribution in [3.8, 4) is 17.2 Å². The molecule has 1 aromatic rings. The zero-order valence-corrected chi connectivity index (χ0v) is 13.7. The standard InChI is InChI=1S/C14H23NO5S/c1-18-12-9-14(20-3)13(19-2)8-10(12)11(15)6-5-7-21(4,16)17/h8-9,11H,5-7,15H2,1-4H3. The summed E-state index contributed by atoms with van der Waals surface area (Å²) in [4.78, 5) is 0. The number of nitrogens with two attached hydrogens (primary N) is 1. The van der Waals surface area contributed by atoms with Gasteiger partial charge in [-0.05, 0) is 18.9 Å². The molecule has 0 aliphatic rings. The summed E-state index contributed by atoms with van der Waals surface area (Å²) in [7, 11) is 1.67. The van der Waals surface area contributed by atoms with Crippen LogP contribution in [0.25, 0.3) is 0 Å². The third-order valence-electron chi connectivity index (χ3n) is 3.17. The van der Waals surface area contributed by atoms with Gasteiger partial charge in [0.25, 0.3) is 0 Å². The van der Waals surface area contributed by atoms with Crippen LogP contribution >= 0.6 is 0 Å². The summed E-state index contributed by atoms with van der Waals surface area (Å²) in [6, 6.07) is 3.15. The Balaban J connectivity index is 2.94. The maximum Gasteiger partial charge on any atom is 0.164 e. The first-order valence-electron chi connectivity index (χ1n) is 6.55. The van der Waals surface area contributed by atoms with Crippen molar-refractivity contribution in [2.75, 3.05) is 33.3 Å². The van der Waals surface area contributed by atoms with E-state index >= 15 is 0 Å². The Kier molecular flexibility index (Phi) is 6.29. The lowest BCUT2D eigenvalue weighted by atomic mass is 10.0. The number of benzene rings is 1. The Labute approximate surface area is 126 Å². The van der Waals surface area contributed by atoms with Crippen LogP contribution in [-0.2, 0) is 9.84 Å². The first kappa shape index (κ1) is 17.6. The van der Waals surface area contributed by atoms with Gasteiger partial charge in [0.05, 0.1) is 21.3 Å². The predicted octanol–water partition coefficient (Wildman–Crippen LogP) is 1.54. The van der Waals surface area contributed by atoms with Crippen molar-refractivity contribution in [2.24, 2.45) is 5.73 Å². The van der Waals surface area contributed by atoms with Crippen molar-refractivity contribution in [1.29, 1.82) is 0 Å². The molecule has 0 fully saturated rings. The molecule has 0 saturated heterocycles. The van der Waals surface area contributed by atoms with Crippen molar-refractivity contribution in [3.63, 3.8) is 0 Å². The first-order valence-corrected chi connectivity index (χ1v) is 8.61. The molecule has 0 bridgehead atoms. The fourth-order valence-corrected chi connectivity index (χ4v) is 2.75. The summed E-state index contributed by atoms with van der Waals surface area (Å²) in [5.41, 5.74) is 6.91. The highest BCUT2D eigenvalue weighted by Gasteiger charge is 2.17. The van der Waals surface area contributed by atoms with Crippen LogP contribution in [0.1, 0.15) is 24.4 Å². The maximum absolute atomic E-state index is 11.2. The molecule has 0 aliphatic carbocycles. The van der Waals surface area contributed by atoms with Gasteiger partial charge in [0, 0.05) is 29.7 Å². The molecule has 0 saturated carbocycles. The highest BCUT2D eigenvalue weighted by atomic mass is 32.2. The Bertz CT molecular complexity index is 571. The van der Waals surface area contributed by atoms with Gasteiger partial charge < -0.3 is 19.9 Å². The van der Waals surface area contributed by atoms with Gasteiger partial charge in [-0.2, -0.15) is 0 Å². The summed E-state index contributed by atoms with van der Waals surface area (Å²) in [6.45, 7) is 0. The van der Waals surface area contributed by atoms with Gasteiger partial charge in [0.2, 0.25) is 0 Å². The van der Waals surface area contributed by atoms with E-state index in [1.165, 1.54) is 6.26 Å². The highest BCUT2D eigenvalue weighted by molar-refractivity contribution is 7.90. The zero-order valence-electron chi connectivity index (χ0n) is 12.9. The summed E-state index contributed by atoms with van der Waals surface area (Å²) in [6.07, 6.45) is 2.26. The molecule has 0 spiro atoms. The smallest absolute Gasteiger partial charge is 0.164 e. The average molecular weight is 317 g/mol. The first-order chi connectivity index (χ1) is 9.82. The van der Waals surface area contributed by atoms with Crippen molar-refractivity contribution < 1.29 is 22.6 Å². The Hall–Kier alpha value is -1.47. The summed E-state index contributed by atoms with van der Waals surface area (Å²) < 4.78 is 38.1. The van der Waals surface area contributed by atoms with E-state index in [1.54, 1.807) is 33.5 Å². The van der Waals surface area contributed by atoms with E-state index in [0.29, 0.717) is 30.1 Å². The number of hydrogen-bond donors (Lipinski definition) is 1. The molecular weight excluding hydrogens is 294 g/mol. The third-order valence-corrected chi connectivity index (χ3v) is 4.20. The van der Waals surface area contributed by atoms with E-state index in [9.17, 15) is 8.42 Å². The lowest BCUT2D eigenvalue weighted by molar-refractivity contribution is 0.346. The topological polar surface area (TPSA) is 87.9 Å². The molecule has 0 radical (unpaired) electrons. The normalized spacial score (nSPS) is 12.8. The van der Waals surface area contributed by atoms with Gasteiger partial charge >= 0.3 is 0 Å². The Morgan fingerprint density at radius 1 is 1.05 bits per heavy atom. The van der Waals surface area contributed by atoms with Crippen molar-refractivity contribution in [3.05, 3.63) is 17.7 Å². The van der Waals surface area contributed by atoms with Gasteiger partial charge in [0.15, 0.2) is 11.5 Å². The molecule has 7 heteroatoms. The number of methoxy groups -OCH3 is 3. The van der Waals surface area contributed by atoms with Gasteiger partial charge in [-0.15, -0.1) is 0 Å². The quantitative estimate of drug-likeness (QED) is 0.782. The van der Waals surface area contributed by atoms with Gasteiger partial charge in [0.1, 0.15) is 15.6 Å². The molecule has 1 unspecified atom stereocenters. The zero-order chi connectivity index (χ0) is 16.0. The van der Waals surface area contributed by atoms with Crippen molar-refractivity contribution >= 4 is 9.84 Å². The second kappa shape index (κ2) is 7.51. The minimum atomic E-state index is -2.97. The number of rotatable bonds is 8.